The van der Waals surface area contributed by atoms with E-state index >= 15 is 0 Å². The highest BCUT2D eigenvalue weighted by Gasteiger charge is 2.11. The summed E-state index contributed by atoms with van der Waals surface area (Å²) < 4.78 is 19.4. The molecule has 0 fully saturated rings. The van der Waals surface area contributed by atoms with Gasteiger partial charge in [0.25, 0.3) is 0 Å². The molecule has 94 valence electrons. The number of esters is 1. The fraction of sp³-hybridized carbons (Fsp3) is 0.182. The molecule has 0 atom stereocenters. The van der Waals surface area contributed by atoms with Crippen LogP contribution in [0.3, 0.4) is 0 Å². The molecule has 7 heteroatoms. The molecule has 0 saturated carbocycles. The van der Waals surface area contributed by atoms with Crippen LogP contribution in [0.1, 0.15) is 16.1 Å². The van der Waals surface area contributed by atoms with Crippen molar-refractivity contribution in [3.05, 3.63) is 46.5 Å². The lowest BCUT2D eigenvalue weighted by Gasteiger charge is -2.02. The molecule has 0 radical (unpaired) electrons. The second-order valence-corrected chi connectivity index (χ2v) is 3.97. The van der Waals surface area contributed by atoms with Crippen LogP contribution in [0.4, 0.5) is 4.39 Å². The van der Waals surface area contributed by atoms with Gasteiger partial charge in [0.2, 0.25) is 0 Å². The van der Waals surface area contributed by atoms with Crippen molar-refractivity contribution < 1.29 is 13.9 Å². The summed E-state index contributed by atoms with van der Waals surface area (Å²) in [5.41, 5.74) is 0.479. The molecule has 18 heavy (non-hydrogen) atoms. The van der Waals surface area contributed by atoms with Crippen LogP contribution in [0.5, 0.6) is 0 Å². The highest BCUT2D eigenvalue weighted by molar-refractivity contribution is 6.30. The maximum atomic E-state index is 13.5. The van der Waals surface area contributed by atoms with Gasteiger partial charge in [-0.3, -0.25) is 0 Å². The molecule has 1 aromatic carbocycles. The lowest BCUT2D eigenvalue weighted by molar-refractivity contribution is 0.0594. The van der Waals surface area contributed by atoms with E-state index in [9.17, 15) is 9.18 Å². The van der Waals surface area contributed by atoms with Gasteiger partial charge < -0.3 is 4.74 Å². The predicted octanol–water partition coefficient (Wildman–Crippen LogP) is 1.91. The number of hydrogen-bond donors (Lipinski definition) is 0. The Hall–Kier alpha value is -1.95. The number of ether oxygens (including phenoxy) is 1. The van der Waals surface area contributed by atoms with Crippen LogP contribution >= 0.6 is 11.6 Å². The zero-order valence-corrected chi connectivity index (χ0v) is 10.2. The third-order valence-electron chi connectivity index (χ3n) is 2.28. The first-order valence-corrected chi connectivity index (χ1v) is 5.40. The second-order valence-electron chi connectivity index (χ2n) is 3.53. The summed E-state index contributed by atoms with van der Waals surface area (Å²) in [6, 6.07) is 4.35. The lowest BCUT2D eigenvalue weighted by atomic mass is 10.2. The first-order chi connectivity index (χ1) is 8.60. The minimum atomic E-state index is -0.585. The maximum Gasteiger partial charge on any atom is 0.360 e. The van der Waals surface area contributed by atoms with E-state index in [1.54, 1.807) is 12.1 Å². The van der Waals surface area contributed by atoms with E-state index in [0.717, 1.165) is 0 Å². The van der Waals surface area contributed by atoms with E-state index in [0.29, 0.717) is 10.6 Å². The Labute approximate surface area is 107 Å². The highest BCUT2D eigenvalue weighted by Crippen LogP contribution is 2.15. The van der Waals surface area contributed by atoms with Gasteiger partial charge in [0.05, 0.1) is 19.9 Å². The number of methoxy groups -OCH3 is 1. The van der Waals surface area contributed by atoms with Gasteiger partial charge >= 0.3 is 5.97 Å². The summed E-state index contributed by atoms with van der Waals surface area (Å²) in [6.45, 7) is 0.160. The molecule has 0 unspecified atom stereocenters. The number of benzene rings is 1. The second kappa shape index (κ2) is 5.14. The van der Waals surface area contributed by atoms with Crippen LogP contribution in [0, 0.1) is 5.82 Å². The molecule has 2 rings (SSSR count). The van der Waals surface area contributed by atoms with Gasteiger partial charge in [-0.25, -0.2) is 13.9 Å². The monoisotopic (exact) mass is 269 g/mol. The summed E-state index contributed by atoms with van der Waals surface area (Å²) >= 11 is 5.65. The largest absolute Gasteiger partial charge is 0.464 e. The summed E-state index contributed by atoms with van der Waals surface area (Å²) in [7, 11) is 1.25. The smallest absolute Gasteiger partial charge is 0.360 e. The van der Waals surface area contributed by atoms with Crippen LogP contribution in [0.2, 0.25) is 5.02 Å². The van der Waals surface area contributed by atoms with Gasteiger partial charge in [0.15, 0.2) is 5.69 Å². The van der Waals surface area contributed by atoms with Gasteiger partial charge in [-0.1, -0.05) is 22.9 Å². The van der Waals surface area contributed by atoms with Gasteiger partial charge in [0, 0.05) is 10.6 Å². The van der Waals surface area contributed by atoms with E-state index in [1.165, 1.54) is 24.1 Å². The molecule has 0 aliphatic rings. The van der Waals surface area contributed by atoms with E-state index in [1.807, 2.05) is 0 Å². The van der Waals surface area contributed by atoms with Crippen molar-refractivity contribution in [2.24, 2.45) is 0 Å². The van der Waals surface area contributed by atoms with Crippen molar-refractivity contribution in [1.29, 1.82) is 0 Å². The normalized spacial score (nSPS) is 10.4. The SMILES string of the molecule is COC(=O)c1cn(Cc2ccc(Cl)cc2F)nn1. The molecule has 5 nitrogen and oxygen atoms in total. The quantitative estimate of drug-likeness (QED) is 0.799. The van der Waals surface area contributed by atoms with Crippen molar-refractivity contribution >= 4 is 17.6 Å². The zero-order chi connectivity index (χ0) is 13.1. The van der Waals surface area contributed by atoms with Crippen molar-refractivity contribution in [2.75, 3.05) is 7.11 Å². The molecule has 1 heterocycles. The standard InChI is InChI=1S/C11H9ClFN3O2/c1-18-11(17)10-6-16(15-14-10)5-7-2-3-8(12)4-9(7)13/h2-4,6H,5H2,1H3. The van der Waals surface area contributed by atoms with Crippen molar-refractivity contribution in [3.8, 4) is 0 Å². The number of rotatable bonds is 3. The molecule has 0 aliphatic heterocycles. The number of carbonyl (C=O) groups excluding carboxylic acids is 1. The number of carbonyl (C=O) groups is 1. The van der Waals surface area contributed by atoms with Gasteiger partial charge in [-0.15, -0.1) is 5.10 Å². The molecule has 2 aromatic rings. The zero-order valence-electron chi connectivity index (χ0n) is 9.43. The summed E-state index contributed by atoms with van der Waals surface area (Å²) in [4.78, 5) is 11.2. The predicted molar refractivity (Wildman–Crippen MR) is 61.9 cm³/mol. The molecule has 0 saturated heterocycles. The Balaban J connectivity index is 2.18. The van der Waals surface area contributed by atoms with Crippen LogP contribution in [-0.4, -0.2) is 28.1 Å². The number of hydrogen-bond acceptors (Lipinski definition) is 4. The van der Waals surface area contributed by atoms with Crippen LogP contribution in [0.15, 0.2) is 24.4 Å². The summed E-state index contributed by atoms with van der Waals surface area (Å²) in [5.74, 6) is -1.02. The van der Waals surface area contributed by atoms with Crippen molar-refractivity contribution in [1.82, 2.24) is 15.0 Å². The van der Waals surface area contributed by atoms with Gasteiger partial charge in [0.1, 0.15) is 5.82 Å². The number of aromatic nitrogens is 3. The number of nitrogens with zero attached hydrogens (tertiary/aromatic N) is 3. The van der Waals surface area contributed by atoms with E-state index in [4.69, 9.17) is 11.6 Å². The first kappa shape index (κ1) is 12.5. The van der Waals surface area contributed by atoms with E-state index in [2.05, 4.69) is 15.0 Å². The molecule has 0 spiro atoms. The topological polar surface area (TPSA) is 57.0 Å². The average Bonchev–Trinajstić information content (AvgIpc) is 2.80. The van der Waals surface area contributed by atoms with E-state index < -0.39 is 11.8 Å². The summed E-state index contributed by atoms with van der Waals surface area (Å²) in [5, 5.41) is 7.65. The van der Waals surface area contributed by atoms with Gasteiger partial charge in [-0.05, 0) is 12.1 Å². The highest BCUT2D eigenvalue weighted by atomic mass is 35.5. The Morgan fingerprint density at radius 1 is 1.56 bits per heavy atom. The molecule has 0 amide bonds. The molecule has 1 aromatic heterocycles. The average molecular weight is 270 g/mol. The molecular weight excluding hydrogens is 261 g/mol. The summed E-state index contributed by atoms with van der Waals surface area (Å²) in [6.07, 6.45) is 1.39. The van der Waals surface area contributed by atoms with Crippen LogP contribution < -0.4 is 0 Å². The minimum Gasteiger partial charge on any atom is -0.464 e. The van der Waals surface area contributed by atoms with Crippen LogP contribution in [0.25, 0.3) is 0 Å². The molecule has 0 bridgehead atoms. The fourth-order valence-corrected chi connectivity index (χ4v) is 1.56. The Morgan fingerprint density at radius 3 is 3.00 bits per heavy atom. The Kier molecular flexibility index (Phi) is 3.57. The minimum absolute atomic E-state index is 0.0758. The third-order valence-corrected chi connectivity index (χ3v) is 2.52. The van der Waals surface area contributed by atoms with Crippen LogP contribution in [-0.2, 0) is 11.3 Å². The molecule has 0 aliphatic carbocycles. The lowest BCUT2D eigenvalue weighted by Crippen LogP contribution is -2.03. The maximum absolute atomic E-state index is 13.5. The Bertz CT molecular complexity index is 585. The third kappa shape index (κ3) is 2.65. The van der Waals surface area contributed by atoms with Crippen molar-refractivity contribution in [3.63, 3.8) is 0 Å². The number of halogens is 2. The molecule has 0 N–H and O–H groups in total. The Morgan fingerprint density at radius 2 is 2.33 bits per heavy atom. The fourth-order valence-electron chi connectivity index (χ4n) is 1.40. The molecular formula is C11H9ClFN3O2. The van der Waals surface area contributed by atoms with Crippen molar-refractivity contribution in [2.45, 2.75) is 6.54 Å². The van der Waals surface area contributed by atoms with Gasteiger partial charge in [-0.2, -0.15) is 0 Å². The van der Waals surface area contributed by atoms with E-state index in [-0.39, 0.29) is 12.2 Å². The first-order valence-electron chi connectivity index (χ1n) is 5.02.